The lowest BCUT2D eigenvalue weighted by molar-refractivity contribution is -0.118. The maximum absolute atomic E-state index is 12.5. The van der Waals surface area contributed by atoms with Crippen molar-refractivity contribution in [2.24, 2.45) is 11.3 Å². The van der Waals surface area contributed by atoms with E-state index in [1.807, 2.05) is 0 Å². The number of furan rings is 1. The van der Waals surface area contributed by atoms with E-state index < -0.39 is 15.8 Å². The zero-order valence-electron chi connectivity index (χ0n) is 13.3. The molecule has 1 saturated heterocycles. The SMILES string of the molecule is O=C(O)c1cc2cc(NC(=O)C3CC34CCS(=O)(=O)CC4)ccc2o1. The van der Waals surface area contributed by atoms with Crippen molar-refractivity contribution < 1.29 is 27.5 Å². The smallest absolute Gasteiger partial charge is 0.371 e. The zero-order valence-corrected chi connectivity index (χ0v) is 14.1. The largest absolute Gasteiger partial charge is 0.475 e. The van der Waals surface area contributed by atoms with Gasteiger partial charge in [-0.05, 0) is 48.9 Å². The monoisotopic (exact) mass is 363 g/mol. The van der Waals surface area contributed by atoms with Gasteiger partial charge in [0.15, 0.2) is 0 Å². The van der Waals surface area contributed by atoms with Crippen LogP contribution in [0.5, 0.6) is 0 Å². The van der Waals surface area contributed by atoms with Gasteiger partial charge in [-0.1, -0.05) is 0 Å². The number of hydrogen-bond donors (Lipinski definition) is 2. The third-order valence-corrected chi connectivity index (χ3v) is 6.98. The predicted molar refractivity (Wildman–Crippen MR) is 90.2 cm³/mol. The van der Waals surface area contributed by atoms with Crippen LogP contribution in [0.3, 0.4) is 0 Å². The first-order valence-corrected chi connectivity index (χ1v) is 9.88. The van der Waals surface area contributed by atoms with Gasteiger partial charge in [0.25, 0.3) is 0 Å². The van der Waals surface area contributed by atoms with E-state index in [1.165, 1.54) is 6.07 Å². The van der Waals surface area contributed by atoms with E-state index in [0.29, 0.717) is 29.5 Å². The maximum atomic E-state index is 12.5. The van der Waals surface area contributed by atoms with Gasteiger partial charge in [-0.15, -0.1) is 0 Å². The first-order chi connectivity index (χ1) is 11.8. The molecule has 1 unspecified atom stereocenters. The summed E-state index contributed by atoms with van der Waals surface area (Å²) in [6.07, 6.45) is 1.83. The highest BCUT2D eigenvalue weighted by Crippen LogP contribution is 2.60. The second kappa shape index (κ2) is 5.32. The topological polar surface area (TPSA) is 114 Å². The molecule has 1 spiro atoms. The molecule has 132 valence electrons. The molecule has 2 heterocycles. The maximum Gasteiger partial charge on any atom is 0.371 e. The average Bonchev–Trinajstić information content (AvgIpc) is 3.10. The Bertz CT molecular complexity index is 976. The molecule has 7 nitrogen and oxygen atoms in total. The van der Waals surface area contributed by atoms with Crippen molar-refractivity contribution in [2.45, 2.75) is 19.3 Å². The van der Waals surface area contributed by atoms with Gasteiger partial charge < -0.3 is 14.8 Å². The Morgan fingerprint density at radius 3 is 2.60 bits per heavy atom. The Morgan fingerprint density at radius 2 is 1.92 bits per heavy atom. The number of hydrogen-bond acceptors (Lipinski definition) is 5. The van der Waals surface area contributed by atoms with E-state index in [9.17, 15) is 18.0 Å². The van der Waals surface area contributed by atoms with Crippen molar-refractivity contribution in [3.63, 3.8) is 0 Å². The van der Waals surface area contributed by atoms with Gasteiger partial charge in [0.2, 0.25) is 11.7 Å². The van der Waals surface area contributed by atoms with Gasteiger partial charge in [-0.2, -0.15) is 0 Å². The second-order valence-electron chi connectivity index (χ2n) is 6.93. The van der Waals surface area contributed by atoms with E-state index in [1.54, 1.807) is 18.2 Å². The number of benzene rings is 1. The first-order valence-electron chi connectivity index (χ1n) is 8.06. The van der Waals surface area contributed by atoms with Crippen molar-refractivity contribution in [3.05, 3.63) is 30.0 Å². The van der Waals surface area contributed by atoms with Crippen LogP contribution in [-0.4, -0.2) is 36.9 Å². The number of aromatic carboxylic acids is 1. The molecule has 1 amide bonds. The zero-order chi connectivity index (χ0) is 17.8. The van der Waals surface area contributed by atoms with Crippen LogP contribution in [0.1, 0.15) is 29.8 Å². The van der Waals surface area contributed by atoms with E-state index in [-0.39, 0.29) is 34.5 Å². The lowest BCUT2D eigenvalue weighted by atomic mass is 9.96. The summed E-state index contributed by atoms with van der Waals surface area (Å²) < 4.78 is 28.3. The van der Waals surface area contributed by atoms with Crippen LogP contribution in [0.2, 0.25) is 0 Å². The Kier molecular flexibility index (Phi) is 3.44. The molecule has 1 aliphatic heterocycles. The number of fused-ring (bicyclic) bond motifs is 1. The molecular weight excluding hydrogens is 346 g/mol. The third kappa shape index (κ3) is 2.90. The number of nitrogens with one attached hydrogen (secondary N) is 1. The molecule has 2 N–H and O–H groups in total. The predicted octanol–water partition coefficient (Wildman–Crippen LogP) is 2.28. The molecule has 1 aromatic carbocycles. The summed E-state index contributed by atoms with van der Waals surface area (Å²) in [5.74, 6) is -1.24. The average molecular weight is 363 g/mol. The number of anilines is 1. The first kappa shape index (κ1) is 16.1. The molecule has 1 aliphatic carbocycles. The van der Waals surface area contributed by atoms with Crippen molar-refractivity contribution in [3.8, 4) is 0 Å². The molecular formula is C17H17NO6S. The number of carboxylic acid groups (broad SMARTS) is 1. The minimum Gasteiger partial charge on any atom is -0.475 e. The quantitative estimate of drug-likeness (QED) is 0.865. The normalized spacial score (nSPS) is 23.4. The number of amides is 1. The molecule has 2 aromatic rings. The van der Waals surface area contributed by atoms with Crippen LogP contribution < -0.4 is 5.32 Å². The molecule has 25 heavy (non-hydrogen) atoms. The summed E-state index contributed by atoms with van der Waals surface area (Å²) >= 11 is 0. The van der Waals surface area contributed by atoms with E-state index in [0.717, 1.165) is 6.42 Å². The molecule has 1 atom stereocenters. The number of carbonyl (C=O) groups excluding carboxylic acids is 1. The summed E-state index contributed by atoms with van der Waals surface area (Å²) in [6, 6.07) is 6.37. The van der Waals surface area contributed by atoms with Gasteiger partial charge in [0.1, 0.15) is 15.4 Å². The molecule has 4 rings (SSSR count). The third-order valence-electron chi connectivity index (χ3n) is 5.32. The van der Waals surface area contributed by atoms with Crippen molar-refractivity contribution in [1.82, 2.24) is 0 Å². The van der Waals surface area contributed by atoms with Gasteiger partial charge in [0, 0.05) is 17.0 Å². The van der Waals surface area contributed by atoms with Crippen LogP contribution in [0.4, 0.5) is 5.69 Å². The van der Waals surface area contributed by atoms with Crippen LogP contribution in [0.25, 0.3) is 11.0 Å². The minimum absolute atomic E-state index is 0.111. The van der Waals surface area contributed by atoms with Gasteiger partial charge in [-0.3, -0.25) is 4.79 Å². The number of carbonyl (C=O) groups is 2. The van der Waals surface area contributed by atoms with Crippen molar-refractivity contribution in [1.29, 1.82) is 0 Å². The number of sulfone groups is 1. The molecule has 2 fully saturated rings. The Morgan fingerprint density at radius 1 is 1.20 bits per heavy atom. The highest BCUT2D eigenvalue weighted by molar-refractivity contribution is 7.91. The van der Waals surface area contributed by atoms with Crippen LogP contribution in [0.15, 0.2) is 28.7 Å². The van der Waals surface area contributed by atoms with E-state index in [2.05, 4.69) is 5.32 Å². The fourth-order valence-electron chi connectivity index (χ4n) is 3.67. The standard InChI is InChI=1S/C17H17NO6S/c19-15(12-9-17(12)3-5-25(22,23)6-4-17)18-11-1-2-13-10(7-11)8-14(24-13)16(20)21/h1-2,7-8,12H,3-6,9H2,(H,18,19)(H,20,21). The molecule has 0 bridgehead atoms. The second-order valence-corrected chi connectivity index (χ2v) is 9.23. The Labute approximate surface area is 143 Å². The highest BCUT2D eigenvalue weighted by atomic mass is 32.2. The summed E-state index contributed by atoms with van der Waals surface area (Å²) in [5, 5.41) is 12.4. The fourth-order valence-corrected chi connectivity index (χ4v) is 5.31. The highest BCUT2D eigenvalue weighted by Gasteiger charge is 2.59. The summed E-state index contributed by atoms with van der Waals surface area (Å²) in [5.41, 5.74) is 0.850. The molecule has 8 heteroatoms. The van der Waals surface area contributed by atoms with Gasteiger partial charge in [0.05, 0.1) is 11.5 Å². The lowest BCUT2D eigenvalue weighted by Gasteiger charge is -2.22. The number of carboxylic acids is 1. The molecule has 1 aromatic heterocycles. The molecule has 2 aliphatic rings. The summed E-state index contributed by atoms with van der Waals surface area (Å²) in [7, 11) is -2.94. The number of rotatable bonds is 3. The Balaban J connectivity index is 1.47. The summed E-state index contributed by atoms with van der Waals surface area (Å²) in [4.78, 5) is 23.4. The van der Waals surface area contributed by atoms with Crippen LogP contribution >= 0.6 is 0 Å². The Hall–Kier alpha value is -2.35. The fraction of sp³-hybridized carbons (Fsp3) is 0.412. The molecule has 0 radical (unpaired) electrons. The minimum atomic E-state index is -2.94. The van der Waals surface area contributed by atoms with Crippen molar-refractivity contribution >= 4 is 38.4 Å². The van der Waals surface area contributed by atoms with Gasteiger partial charge >= 0.3 is 5.97 Å². The summed E-state index contributed by atoms with van der Waals surface area (Å²) in [6.45, 7) is 0. The van der Waals surface area contributed by atoms with Gasteiger partial charge in [-0.25, -0.2) is 13.2 Å². The van der Waals surface area contributed by atoms with Crippen molar-refractivity contribution in [2.75, 3.05) is 16.8 Å². The van der Waals surface area contributed by atoms with Crippen LogP contribution in [-0.2, 0) is 14.6 Å². The lowest BCUT2D eigenvalue weighted by Crippen LogP contribution is -2.28. The molecule has 1 saturated carbocycles. The van der Waals surface area contributed by atoms with Crippen LogP contribution in [0, 0.1) is 11.3 Å². The van der Waals surface area contributed by atoms with E-state index >= 15 is 0 Å². The van der Waals surface area contributed by atoms with E-state index in [4.69, 9.17) is 9.52 Å².